The Kier molecular flexibility index (Phi) is 6.41. The van der Waals surface area contributed by atoms with Crippen LogP contribution in [0.3, 0.4) is 0 Å². The molecule has 0 amide bonds. The third kappa shape index (κ3) is 5.50. The molecule has 0 fully saturated rings. The zero-order valence-electron chi connectivity index (χ0n) is 14.3. The standard InChI is InChI=1S/C18H29NO2/c1-7-21-17(20)8-9-19-12-16-13(2)10-15(11-14(16)3)18(4,5)6/h10-11,19H,7-9,12H2,1-6H3. The van der Waals surface area contributed by atoms with E-state index in [1.54, 1.807) is 0 Å². The zero-order chi connectivity index (χ0) is 16.0. The maximum Gasteiger partial charge on any atom is 0.307 e. The highest BCUT2D eigenvalue weighted by Gasteiger charge is 2.16. The fraction of sp³-hybridized carbons (Fsp3) is 0.611. The molecule has 118 valence electrons. The van der Waals surface area contributed by atoms with Crippen LogP contribution in [0.25, 0.3) is 0 Å². The summed E-state index contributed by atoms with van der Waals surface area (Å²) < 4.78 is 4.92. The van der Waals surface area contributed by atoms with Crippen molar-refractivity contribution in [1.29, 1.82) is 0 Å². The summed E-state index contributed by atoms with van der Waals surface area (Å²) >= 11 is 0. The molecule has 1 aromatic rings. The number of ether oxygens (including phenoxy) is 1. The summed E-state index contributed by atoms with van der Waals surface area (Å²) in [4.78, 5) is 11.3. The Balaban J connectivity index is 2.62. The van der Waals surface area contributed by atoms with E-state index in [0.29, 0.717) is 19.6 Å². The normalized spacial score (nSPS) is 11.5. The van der Waals surface area contributed by atoms with E-state index in [1.165, 1.54) is 22.3 Å². The van der Waals surface area contributed by atoms with Crippen molar-refractivity contribution in [3.63, 3.8) is 0 Å². The molecule has 1 aromatic carbocycles. The van der Waals surface area contributed by atoms with Crippen molar-refractivity contribution in [1.82, 2.24) is 5.32 Å². The molecule has 3 heteroatoms. The number of esters is 1. The van der Waals surface area contributed by atoms with Gasteiger partial charge in [0.2, 0.25) is 0 Å². The van der Waals surface area contributed by atoms with Crippen LogP contribution in [0.2, 0.25) is 0 Å². The molecule has 0 aliphatic carbocycles. The predicted octanol–water partition coefficient (Wildman–Crippen LogP) is 3.64. The molecule has 0 saturated heterocycles. The first-order valence-electron chi connectivity index (χ1n) is 7.72. The van der Waals surface area contributed by atoms with Crippen LogP contribution in [0.15, 0.2) is 12.1 Å². The average Bonchev–Trinajstić information content (AvgIpc) is 2.36. The number of aryl methyl sites for hydroxylation is 2. The Hall–Kier alpha value is -1.35. The molecule has 1 N–H and O–H groups in total. The highest BCUT2D eigenvalue weighted by molar-refractivity contribution is 5.69. The van der Waals surface area contributed by atoms with E-state index in [9.17, 15) is 4.79 Å². The summed E-state index contributed by atoms with van der Waals surface area (Å²) in [5.74, 6) is -0.137. The minimum absolute atomic E-state index is 0.137. The first kappa shape index (κ1) is 17.7. The minimum Gasteiger partial charge on any atom is -0.466 e. The van der Waals surface area contributed by atoms with E-state index < -0.39 is 0 Å². The van der Waals surface area contributed by atoms with Crippen LogP contribution in [-0.4, -0.2) is 19.1 Å². The first-order chi connectivity index (χ1) is 9.75. The van der Waals surface area contributed by atoms with E-state index in [-0.39, 0.29) is 11.4 Å². The Bertz CT molecular complexity index is 463. The SMILES string of the molecule is CCOC(=O)CCNCc1c(C)cc(C(C)(C)C)cc1C. The van der Waals surface area contributed by atoms with Crippen molar-refractivity contribution >= 4 is 5.97 Å². The molecule has 0 atom stereocenters. The summed E-state index contributed by atoms with van der Waals surface area (Å²) in [6.07, 6.45) is 0.423. The second-order valence-electron chi connectivity index (χ2n) is 6.57. The topological polar surface area (TPSA) is 38.3 Å². The third-order valence-electron chi connectivity index (χ3n) is 3.68. The molecule has 1 rings (SSSR count). The Labute approximate surface area is 129 Å². The van der Waals surface area contributed by atoms with Crippen molar-refractivity contribution in [2.24, 2.45) is 0 Å². The summed E-state index contributed by atoms with van der Waals surface area (Å²) in [6, 6.07) is 4.55. The fourth-order valence-corrected chi connectivity index (χ4v) is 2.34. The van der Waals surface area contributed by atoms with Crippen LogP contribution in [0, 0.1) is 13.8 Å². The maximum absolute atomic E-state index is 11.3. The summed E-state index contributed by atoms with van der Waals surface area (Å²) in [6.45, 7) is 14.7. The van der Waals surface area contributed by atoms with Gasteiger partial charge in [-0.3, -0.25) is 4.79 Å². The number of nitrogens with one attached hydrogen (secondary N) is 1. The largest absolute Gasteiger partial charge is 0.466 e. The Morgan fingerprint density at radius 3 is 2.24 bits per heavy atom. The Morgan fingerprint density at radius 2 is 1.76 bits per heavy atom. The average molecular weight is 291 g/mol. The summed E-state index contributed by atoms with van der Waals surface area (Å²) in [5, 5.41) is 3.33. The van der Waals surface area contributed by atoms with Crippen LogP contribution < -0.4 is 5.32 Å². The summed E-state index contributed by atoms with van der Waals surface area (Å²) in [7, 11) is 0. The third-order valence-corrected chi connectivity index (χ3v) is 3.68. The first-order valence-corrected chi connectivity index (χ1v) is 7.72. The molecular weight excluding hydrogens is 262 g/mol. The fourth-order valence-electron chi connectivity index (χ4n) is 2.34. The zero-order valence-corrected chi connectivity index (χ0v) is 14.3. The monoisotopic (exact) mass is 291 g/mol. The number of benzene rings is 1. The van der Waals surface area contributed by atoms with Gasteiger partial charge in [-0.2, -0.15) is 0 Å². The lowest BCUT2D eigenvalue weighted by atomic mass is 9.84. The predicted molar refractivity (Wildman–Crippen MR) is 87.6 cm³/mol. The van der Waals surface area contributed by atoms with Gasteiger partial charge in [-0.25, -0.2) is 0 Å². The van der Waals surface area contributed by atoms with Crippen molar-refractivity contribution in [2.75, 3.05) is 13.2 Å². The summed E-state index contributed by atoms with van der Waals surface area (Å²) in [5.41, 5.74) is 5.48. The van der Waals surface area contributed by atoms with Gasteiger partial charge in [0.25, 0.3) is 0 Å². The van der Waals surface area contributed by atoms with Crippen LogP contribution in [0.4, 0.5) is 0 Å². The van der Waals surface area contributed by atoms with Crippen molar-refractivity contribution < 1.29 is 9.53 Å². The molecule has 3 nitrogen and oxygen atoms in total. The molecule has 0 heterocycles. The van der Waals surface area contributed by atoms with Crippen LogP contribution >= 0.6 is 0 Å². The molecule has 0 saturated carbocycles. The van der Waals surface area contributed by atoms with Gasteiger partial charge >= 0.3 is 5.97 Å². The molecule has 0 aliphatic rings. The van der Waals surface area contributed by atoms with Crippen molar-refractivity contribution in [3.8, 4) is 0 Å². The molecule has 0 aromatic heterocycles. The van der Waals surface area contributed by atoms with Crippen LogP contribution in [-0.2, 0) is 21.5 Å². The van der Waals surface area contributed by atoms with Crippen LogP contribution in [0.5, 0.6) is 0 Å². The van der Waals surface area contributed by atoms with Crippen molar-refractivity contribution in [2.45, 2.75) is 59.9 Å². The molecule has 0 bridgehead atoms. The number of hydrogen-bond acceptors (Lipinski definition) is 3. The van der Waals surface area contributed by atoms with E-state index in [0.717, 1.165) is 6.54 Å². The van der Waals surface area contributed by atoms with Gasteiger partial charge in [0, 0.05) is 13.1 Å². The quantitative estimate of drug-likeness (QED) is 0.642. The number of hydrogen-bond donors (Lipinski definition) is 1. The molecular formula is C18H29NO2. The Morgan fingerprint density at radius 1 is 1.19 bits per heavy atom. The van der Waals surface area contributed by atoms with E-state index >= 15 is 0 Å². The van der Waals surface area contributed by atoms with E-state index in [4.69, 9.17) is 4.74 Å². The lowest BCUT2D eigenvalue weighted by Gasteiger charge is -2.22. The van der Waals surface area contributed by atoms with Gasteiger partial charge in [-0.1, -0.05) is 32.9 Å². The number of carbonyl (C=O) groups excluding carboxylic acids is 1. The molecule has 21 heavy (non-hydrogen) atoms. The minimum atomic E-state index is -0.137. The lowest BCUT2D eigenvalue weighted by Crippen LogP contribution is -2.20. The van der Waals surface area contributed by atoms with E-state index in [1.807, 2.05) is 6.92 Å². The van der Waals surface area contributed by atoms with Gasteiger partial charge in [0.05, 0.1) is 13.0 Å². The maximum atomic E-state index is 11.3. The number of carbonyl (C=O) groups is 1. The lowest BCUT2D eigenvalue weighted by molar-refractivity contribution is -0.142. The van der Waals surface area contributed by atoms with Gasteiger partial charge < -0.3 is 10.1 Å². The van der Waals surface area contributed by atoms with Gasteiger partial charge in [0.1, 0.15) is 0 Å². The smallest absolute Gasteiger partial charge is 0.307 e. The van der Waals surface area contributed by atoms with Crippen LogP contribution in [0.1, 0.15) is 56.4 Å². The van der Waals surface area contributed by atoms with Gasteiger partial charge in [-0.05, 0) is 48.4 Å². The number of rotatable bonds is 6. The van der Waals surface area contributed by atoms with Gasteiger partial charge in [0.15, 0.2) is 0 Å². The molecule has 0 radical (unpaired) electrons. The highest BCUT2D eigenvalue weighted by Crippen LogP contribution is 2.26. The van der Waals surface area contributed by atoms with E-state index in [2.05, 4.69) is 52.1 Å². The molecule has 0 aliphatic heterocycles. The second-order valence-corrected chi connectivity index (χ2v) is 6.57. The second kappa shape index (κ2) is 7.60. The molecule has 0 spiro atoms. The molecule has 0 unspecified atom stereocenters. The van der Waals surface area contributed by atoms with Crippen molar-refractivity contribution in [3.05, 3.63) is 34.4 Å². The highest BCUT2D eigenvalue weighted by atomic mass is 16.5. The van der Waals surface area contributed by atoms with Gasteiger partial charge in [-0.15, -0.1) is 0 Å².